The van der Waals surface area contributed by atoms with Gasteiger partial charge in [-0.25, -0.2) is 10.9 Å². The Morgan fingerprint density at radius 3 is 2.92 bits per heavy atom. The number of aromatic nitrogens is 3. The first kappa shape index (κ1) is 15.1. The second-order valence-corrected chi connectivity index (χ2v) is 6.18. The van der Waals surface area contributed by atoms with Crippen molar-refractivity contribution in [3.63, 3.8) is 0 Å². The van der Waals surface area contributed by atoms with E-state index >= 15 is 0 Å². The number of hydrogen-bond acceptors (Lipinski definition) is 6. The summed E-state index contributed by atoms with van der Waals surface area (Å²) >= 11 is 0. The number of carbonyl (C=O) groups excluding carboxylic acids is 1. The van der Waals surface area contributed by atoms with Gasteiger partial charge in [-0.05, 0) is 25.3 Å². The van der Waals surface area contributed by atoms with Crippen LogP contribution in [0.4, 0.5) is 5.95 Å². The minimum atomic E-state index is -0.359. The van der Waals surface area contributed by atoms with Gasteiger partial charge in [0.1, 0.15) is 17.6 Å². The molecule has 2 heterocycles. The lowest BCUT2D eigenvalue weighted by Gasteiger charge is -2.13. The maximum absolute atomic E-state index is 12.4. The number of para-hydroxylation sites is 1. The van der Waals surface area contributed by atoms with Gasteiger partial charge in [0.2, 0.25) is 11.9 Å². The predicted molar refractivity (Wildman–Crippen MR) is 87.4 cm³/mol. The highest BCUT2D eigenvalue weighted by Crippen LogP contribution is 2.38. The van der Waals surface area contributed by atoms with Gasteiger partial charge in [-0.3, -0.25) is 15.2 Å². The smallest absolute Gasteiger partial charge is 0.248 e. The minimum absolute atomic E-state index is 0.00562. The number of nitrogens with zero attached hydrogens (tertiary/aromatic N) is 2. The second-order valence-electron chi connectivity index (χ2n) is 6.18. The molecule has 1 aliphatic carbocycles. The summed E-state index contributed by atoms with van der Waals surface area (Å²) in [7, 11) is 1.64. The zero-order chi connectivity index (χ0) is 16.5. The fourth-order valence-electron chi connectivity index (χ4n) is 2.95. The molecular weight excluding hydrogens is 308 g/mol. The number of H-pyrrole nitrogens is 1. The number of carbonyl (C=O) groups is 1. The van der Waals surface area contributed by atoms with Gasteiger partial charge in [-0.2, -0.15) is 4.98 Å². The van der Waals surface area contributed by atoms with Gasteiger partial charge in [0.05, 0.1) is 13.2 Å². The molecule has 126 valence electrons. The van der Waals surface area contributed by atoms with Crippen LogP contribution in [0.25, 0.3) is 0 Å². The van der Waals surface area contributed by atoms with E-state index in [2.05, 4.69) is 31.3 Å². The Morgan fingerprint density at radius 1 is 1.29 bits per heavy atom. The van der Waals surface area contributed by atoms with Crippen LogP contribution in [0.3, 0.4) is 0 Å². The average Bonchev–Trinajstić information content (AvgIpc) is 3.16. The summed E-state index contributed by atoms with van der Waals surface area (Å²) in [6.45, 7) is 0. The molecule has 8 nitrogen and oxygen atoms in total. The molecule has 8 heteroatoms. The Hall–Kier alpha value is -2.45. The van der Waals surface area contributed by atoms with E-state index in [-0.39, 0.29) is 18.0 Å². The SMILES string of the molecule is COc1ccccc1C1CC(C(=O)Nc2n[nH]c(C3CC3)n2)NN1. The number of benzene rings is 1. The molecule has 1 saturated heterocycles. The number of aromatic amines is 1. The molecular formula is C16H20N6O2. The molecule has 0 radical (unpaired) electrons. The van der Waals surface area contributed by atoms with E-state index in [9.17, 15) is 4.79 Å². The molecule has 4 N–H and O–H groups in total. The largest absolute Gasteiger partial charge is 0.496 e. The standard InChI is InChI=1S/C16H20N6O2/c1-24-13-5-3-2-4-10(13)11-8-12(20-19-11)15(23)18-16-17-14(21-22-16)9-6-7-9/h2-5,9,11-12,19-20H,6-8H2,1H3,(H2,17,18,21,22,23). The van der Waals surface area contributed by atoms with Gasteiger partial charge in [0.15, 0.2) is 0 Å². The molecule has 2 unspecified atom stereocenters. The van der Waals surface area contributed by atoms with Gasteiger partial charge < -0.3 is 4.74 Å². The van der Waals surface area contributed by atoms with Gasteiger partial charge in [-0.1, -0.05) is 18.2 Å². The highest BCUT2D eigenvalue weighted by Gasteiger charge is 2.32. The lowest BCUT2D eigenvalue weighted by atomic mass is 10.0. The van der Waals surface area contributed by atoms with Gasteiger partial charge >= 0.3 is 0 Å². The monoisotopic (exact) mass is 328 g/mol. The molecule has 2 fully saturated rings. The average molecular weight is 328 g/mol. The van der Waals surface area contributed by atoms with Crippen LogP contribution in [0.1, 0.15) is 42.6 Å². The van der Waals surface area contributed by atoms with Gasteiger partial charge in [0, 0.05) is 11.5 Å². The lowest BCUT2D eigenvalue weighted by molar-refractivity contribution is -0.117. The number of ether oxygens (including phenoxy) is 1. The molecule has 1 aromatic heterocycles. The molecule has 24 heavy (non-hydrogen) atoms. The maximum Gasteiger partial charge on any atom is 0.248 e. The molecule has 0 bridgehead atoms. The van der Waals surface area contributed by atoms with Crippen LogP contribution in [-0.2, 0) is 4.79 Å². The van der Waals surface area contributed by atoms with Crippen LogP contribution in [-0.4, -0.2) is 34.2 Å². The summed E-state index contributed by atoms with van der Waals surface area (Å²) < 4.78 is 5.39. The minimum Gasteiger partial charge on any atom is -0.496 e. The normalized spacial score (nSPS) is 23.2. The first-order chi connectivity index (χ1) is 11.7. The summed E-state index contributed by atoms with van der Waals surface area (Å²) in [6.07, 6.45) is 2.89. The quantitative estimate of drug-likeness (QED) is 0.658. The number of methoxy groups -OCH3 is 1. The molecule has 2 aromatic rings. The summed E-state index contributed by atoms with van der Waals surface area (Å²) in [5, 5.41) is 9.70. The fourth-order valence-corrected chi connectivity index (χ4v) is 2.95. The maximum atomic E-state index is 12.4. The summed E-state index contributed by atoms with van der Waals surface area (Å²) in [6, 6.07) is 7.44. The summed E-state index contributed by atoms with van der Waals surface area (Å²) in [5.41, 5.74) is 7.22. The zero-order valence-electron chi connectivity index (χ0n) is 13.4. The van der Waals surface area contributed by atoms with E-state index in [1.54, 1.807) is 7.11 Å². The van der Waals surface area contributed by atoms with Crippen LogP contribution >= 0.6 is 0 Å². The second kappa shape index (κ2) is 6.21. The van der Waals surface area contributed by atoms with Crippen molar-refractivity contribution in [2.24, 2.45) is 0 Å². The molecule has 2 aliphatic rings. The molecule has 4 rings (SSSR count). The van der Waals surface area contributed by atoms with E-state index in [1.165, 1.54) is 0 Å². The summed E-state index contributed by atoms with van der Waals surface area (Å²) in [4.78, 5) is 16.7. The highest BCUT2D eigenvalue weighted by molar-refractivity contribution is 5.93. The van der Waals surface area contributed by atoms with Crippen molar-refractivity contribution >= 4 is 11.9 Å². The van der Waals surface area contributed by atoms with Crippen molar-refractivity contribution in [3.8, 4) is 5.75 Å². The molecule has 1 saturated carbocycles. The Morgan fingerprint density at radius 2 is 2.12 bits per heavy atom. The number of nitrogens with one attached hydrogen (secondary N) is 4. The van der Waals surface area contributed by atoms with Crippen molar-refractivity contribution in [2.45, 2.75) is 37.3 Å². The molecule has 1 amide bonds. The molecule has 1 aromatic carbocycles. The van der Waals surface area contributed by atoms with Crippen molar-refractivity contribution in [1.29, 1.82) is 0 Å². The first-order valence-corrected chi connectivity index (χ1v) is 8.11. The number of anilines is 1. The Kier molecular flexibility index (Phi) is 3.91. The number of rotatable bonds is 5. The number of hydrogen-bond donors (Lipinski definition) is 4. The van der Waals surface area contributed by atoms with E-state index in [0.717, 1.165) is 30.0 Å². The Labute approximate surface area is 139 Å². The Balaban J connectivity index is 1.39. The molecule has 0 spiro atoms. The van der Waals surface area contributed by atoms with Crippen molar-refractivity contribution in [3.05, 3.63) is 35.7 Å². The van der Waals surface area contributed by atoms with Gasteiger partial charge in [-0.15, -0.1) is 5.10 Å². The third-order valence-electron chi connectivity index (χ3n) is 4.44. The van der Waals surface area contributed by atoms with E-state index < -0.39 is 0 Å². The van der Waals surface area contributed by atoms with Crippen LogP contribution in [0, 0.1) is 0 Å². The van der Waals surface area contributed by atoms with Gasteiger partial charge in [0.25, 0.3) is 0 Å². The van der Waals surface area contributed by atoms with Crippen molar-refractivity contribution < 1.29 is 9.53 Å². The predicted octanol–water partition coefficient (Wildman–Crippen LogP) is 1.24. The number of hydrazine groups is 1. The van der Waals surface area contributed by atoms with Crippen molar-refractivity contribution in [1.82, 2.24) is 26.0 Å². The molecule has 2 atom stereocenters. The van der Waals surface area contributed by atoms with Crippen LogP contribution in [0.15, 0.2) is 24.3 Å². The molecule has 1 aliphatic heterocycles. The third-order valence-corrected chi connectivity index (χ3v) is 4.44. The third kappa shape index (κ3) is 2.98. The van der Waals surface area contributed by atoms with E-state index in [0.29, 0.717) is 18.3 Å². The van der Waals surface area contributed by atoms with Crippen LogP contribution < -0.4 is 20.9 Å². The van der Waals surface area contributed by atoms with E-state index in [4.69, 9.17) is 4.74 Å². The highest BCUT2D eigenvalue weighted by atomic mass is 16.5. The van der Waals surface area contributed by atoms with Crippen molar-refractivity contribution in [2.75, 3.05) is 12.4 Å². The summed E-state index contributed by atoms with van der Waals surface area (Å²) in [5.74, 6) is 2.32. The van der Waals surface area contributed by atoms with Crippen LogP contribution in [0.5, 0.6) is 5.75 Å². The fraction of sp³-hybridized carbons (Fsp3) is 0.438. The van der Waals surface area contributed by atoms with Crippen LogP contribution in [0.2, 0.25) is 0 Å². The number of amides is 1. The van der Waals surface area contributed by atoms with E-state index in [1.807, 2.05) is 24.3 Å². The Bertz CT molecular complexity index is 742. The lowest BCUT2D eigenvalue weighted by Crippen LogP contribution is -2.39. The zero-order valence-corrected chi connectivity index (χ0v) is 13.4. The first-order valence-electron chi connectivity index (χ1n) is 8.11. The topological polar surface area (TPSA) is 104 Å².